The quantitative estimate of drug-likeness (QED) is 0.770. The van der Waals surface area contributed by atoms with Gasteiger partial charge in [-0.2, -0.15) is 5.10 Å². The molecular weight excluding hydrogens is 275 g/mol. The first-order valence-corrected chi connectivity index (χ1v) is 5.91. The van der Waals surface area contributed by atoms with E-state index in [-0.39, 0.29) is 0 Å². The van der Waals surface area contributed by atoms with E-state index < -0.39 is 0 Å². The minimum absolute atomic E-state index is 0.496. The van der Waals surface area contributed by atoms with Crippen LogP contribution in [0.2, 0.25) is 0 Å². The van der Waals surface area contributed by atoms with Gasteiger partial charge in [0.05, 0.1) is 17.8 Å². The maximum Gasteiger partial charge on any atom is 0.0790 e. The molecule has 1 aromatic carbocycles. The molecule has 2 rings (SSSR count). The fourth-order valence-corrected chi connectivity index (χ4v) is 2.16. The van der Waals surface area contributed by atoms with Gasteiger partial charge in [0.2, 0.25) is 0 Å². The average molecular weight is 286 g/mol. The molecule has 0 atom stereocenters. The molecule has 0 bridgehead atoms. The fraction of sp³-hybridized carbons (Fsp3) is 0.182. The van der Waals surface area contributed by atoms with Crippen LogP contribution in [-0.4, -0.2) is 9.78 Å². The molecular formula is C11H10BrClN2. The number of benzene rings is 1. The van der Waals surface area contributed by atoms with Crippen LogP contribution in [0, 0.1) is 6.92 Å². The van der Waals surface area contributed by atoms with E-state index in [1.807, 2.05) is 42.1 Å². The molecule has 2 aromatic rings. The molecule has 0 fully saturated rings. The minimum Gasteiger partial charge on any atom is -0.237 e. The zero-order chi connectivity index (χ0) is 10.8. The lowest BCUT2D eigenvalue weighted by Gasteiger charge is -2.06. The predicted octanol–water partition coefficient (Wildman–Crippen LogP) is 3.68. The van der Waals surface area contributed by atoms with Crippen molar-refractivity contribution in [3.05, 3.63) is 46.2 Å². The van der Waals surface area contributed by atoms with Crippen LogP contribution in [0.5, 0.6) is 0 Å². The molecule has 0 aliphatic heterocycles. The van der Waals surface area contributed by atoms with Gasteiger partial charge in [0.25, 0.3) is 0 Å². The highest BCUT2D eigenvalue weighted by Crippen LogP contribution is 2.22. The Kier molecular flexibility index (Phi) is 3.12. The Morgan fingerprint density at radius 1 is 1.40 bits per heavy atom. The molecule has 0 aliphatic rings. The van der Waals surface area contributed by atoms with Crippen molar-refractivity contribution in [1.29, 1.82) is 0 Å². The Morgan fingerprint density at radius 2 is 2.13 bits per heavy atom. The summed E-state index contributed by atoms with van der Waals surface area (Å²) in [6, 6.07) is 7.98. The molecule has 0 N–H and O–H groups in total. The van der Waals surface area contributed by atoms with Crippen LogP contribution in [0.25, 0.3) is 5.69 Å². The SMILES string of the molecule is Cc1c(CCl)cnn1-c1ccccc1Br. The average Bonchev–Trinajstić information content (AvgIpc) is 2.60. The highest BCUT2D eigenvalue weighted by molar-refractivity contribution is 9.10. The van der Waals surface area contributed by atoms with Gasteiger partial charge >= 0.3 is 0 Å². The van der Waals surface area contributed by atoms with Gasteiger partial charge in [-0.15, -0.1) is 11.6 Å². The van der Waals surface area contributed by atoms with E-state index in [0.717, 1.165) is 21.4 Å². The van der Waals surface area contributed by atoms with Gasteiger partial charge in [0.1, 0.15) is 0 Å². The van der Waals surface area contributed by atoms with Gasteiger partial charge in [0, 0.05) is 15.7 Å². The first-order chi connectivity index (χ1) is 7.24. The summed E-state index contributed by atoms with van der Waals surface area (Å²) in [5.41, 5.74) is 3.18. The summed E-state index contributed by atoms with van der Waals surface area (Å²) in [6.07, 6.45) is 1.81. The second kappa shape index (κ2) is 4.37. The minimum atomic E-state index is 0.496. The maximum atomic E-state index is 5.81. The molecule has 0 unspecified atom stereocenters. The summed E-state index contributed by atoms with van der Waals surface area (Å²) in [5.74, 6) is 0.496. The van der Waals surface area contributed by atoms with Gasteiger partial charge in [-0.3, -0.25) is 0 Å². The molecule has 0 amide bonds. The van der Waals surface area contributed by atoms with E-state index in [1.54, 1.807) is 0 Å². The number of nitrogens with zero attached hydrogens (tertiary/aromatic N) is 2. The predicted molar refractivity (Wildman–Crippen MR) is 65.6 cm³/mol. The number of alkyl halides is 1. The molecule has 15 heavy (non-hydrogen) atoms. The molecule has 78 valence electrons. The lowest BCUT2D eigenvalue weighted by Crippen LogP contribution is -1.99. The van der Waals surface area contributed by atoms with Gasteiger partial charge in [-0.1, -0.05) is 12.1 Å². The van der Waals surface area contributed by atoms with E-state index in [0.29, 0.717) is 5.88 Å². The Labute approximate surface area is 102 Å². The summed E-state index contributed by atoms with van der Waals surface area (Å²) < 4.78 is 2.92. The van der Waals surface area contributed by atoms with Crippen molar-refractivity contribution in [2.75, 3.05) is 0 Å². The Bertz CT molecular complexity index is 479. The third-order valence-electron chi connectivity index (χ3n) is 2.34. The van der Waals surface area contributed by atoms with Crippen molar-refractivity contribution in [2.24, 2.45) is 0 Å². The lowest BCUT2D eigenvalue weighted by molar-refractivity contribution is 0.841. The normalized spacial score (nSPS) is 10.6. The summed E-state index contributed by atoms with van der Waals surface area (Å²) in [6.45, 7) is 2.02. The summed E-state index contributed by atoms with van der Waals surface area (Å²) >= 11 is 9.31. The van der Waals surface area contributed by atoms with E-state index in [2.05, 4.69) is 21.0 Å². The molecule has 0 saturated carbocycles. The lowest BCUT2D eigenvalue weighted by atomic mass is 10.3. The highest BCUT2D eigenvalue weighted by Gasteiger charge is 2.08. The number of halogens is 2. The Balaban J connectivity index is 2.55. The van der Waals surface area contributed by atoms with Crippen molar-refractivity contribution in [2.45, 2.75) is 12.8 Å². The zero-order valence-corrected chi connectivity index (χ0v) is 10.6. The zero-order valence-electron chi connectivity index (χ0n) is 8.24. The molecule has 2 nitrogen and oxygen atoms in total. The topological polar surface area (TPSA) is 17.8 Å². The van der Waals surface area contributed by atoms with E-state index in [9.17, 15) is 0 Å². The Hall–Kier alpha value is -0.800. The van der Waals surface area contributed by atoms with Crippen LogP contribution >= 0.6 is 27.5 Å². The summed E-state index contributed by atoms with van der Waals surface area (Å²) in [7, 11) is 0. The molecule has 1 heterocycles. The second-order valence-electron chi connectivity index (χ2n) is 3.25. The summed E-state index contributed by atoms with van der Waals surface area (Å²) in [5, 5.41) is 4.32. The van der Waals surface area contributed by atoms with Crippen LogP contribution in [0.3, 0.4) is 0 Å². The first-order valence-electron chi connectivity index (χ1n) is 4.58. The smallest absolute Gasteiger partial charge is 0.0790 e. The van der Waals surface area contributed by atoms with Gasteiger partial charge < -0.3 is 0 Å². The molecule has 0 radical (unpaired) electrons. The monoisotopic (exact) mass is 284 g/mol. The third kappa shape index (κ3) is 1.94. The number of para-hydroxylation sites is 1. The largest absolute Gasteiger partial charge is 0.237 e. The van der Waals surface area contributed by atoms with Crippen molar-refractivity contribution < 1.29 is 0 Å². The van der Waals surface area contributed by atoms with Crippen molar-refractivity contribution in [1.82, 2.24) is 9.78 Å². The summed E-state index contributed by atoms with van der Waals surface area (Å²) in [4.78, 5) is 0. The number of hydrogen-bond donors (Lipinski definition) is 0. The van der Waals surface area contributed by atoms with E-state index in [1.165, 1.54) is 0 Å². The third-order valence-corrected chi connectivity index (χ3v) is 3.29. The van der Waals surface area contributed by atoms with Gasteiger partial charge in [0.15, 0.2) is 0 Å². The number of aromatic nitrogens is 2. The highest BCUT2D eigenvalue weighted by atomic mass is 79.9. The van der Waals surface area contributed by atoms with E-state index >= 15 is 0 Å². The van der Waals surface area contributed by atoms with Crippen LogP contribution in [0.15, 0.2) is 34.9 Å². The van der Waals surface area contributed by atoms with Crippen LogP contribution in [0.1, 0.15) is 11.3 Å². The van der Waals surface area contributed by atoms with Crippen molar-refractivity contribution >= 4 is 27.5 Å². The molecule has 4 heteroatoms. The molecule has 0 spiro atoms. The molecule has 0 saturated heterocycles. The van der Waals surface area contributed by atoms with E-state index in [4.69, 9.17) is 11.6 Å². The maximum absolute atomic E-state index is 5.81. The van der Waals surface area contributed by atoms with Crippen LogP contribution in [0.4, 0.5) is 0 Å². The van der Waals surface area contributed by atoms with Gasteiger partial charge in [-0.25, -0.2) is 4.68 Å². The van der Waals surface area contributed by atoms with Crippen LogP contribution < -0.4 is 0 Å². The van der Waals surface area contributed by atoms with Crippen LogP contribution in [-0.2, 0) is 5.88 Å². The molecule has 0 aliphatic carbocycles. The van der Waals surface area contributed by atoms with Crippen molar-refractivity contribution in [3.63, 3.8) is 0 Å². The standard InChI is InChI=1S/C11H10BrClN2/c1-8-9(6-13)7-14-15(8)11-5-3-2-4-10(11)12/h2-5,7H,6H2,1H3. The second-order valence-corrected chi connectivity index (χ2v) is 4.37. The molecule has 1 aromatic heterocycles. The number of rotatable bonds is 2. The number of hydrogen-bond acceptors (Lipinski definition) is 1. The van der Waals surface area contributed by atoms with Crippen molar-refractivity contribution in [3.8, 4) is 5.69 Å². The van der Waals surface area contributed by atoms with Gasteiger partial charge in [-0.05, 0) is 35.0 Å². The Morgan fingerprint density at radius 3 is 2.73 bits per heavy atom. The first kappa shape index (κ1) is 10.7. The fourth-order valence-electron chi connectivity index (χ4n) is 1.44.